The smallest absolute Gasteiger partial charge is 0.308 e. The fourth-order valence-electron chi connectivity index (χ4n) is 3.26. The minimum absolute atomic E-state index is 0.0325. The molecule has 0 spiro atoms. The van der Waals surface area contributed by atoms with Crippen LogP contribution in [0.3, 0.4) is 0 Å². The van der Waals surface area contributed by atoms with Crippen LogP contribution in [0.15, 0.2) is 48.5 Å². The number of hydrogen-bond donors (Lipinski definition) is 1. The van der Waals surface area contributed by atoms with Gasteiger partial charge in [-0.15, -0.1) is 0 Å². The monoisotopic (exact) mass is 368 g/mol. The molecule has 0 aromatic heterocycles. The Morgan fingerprint density at radius 3 is 2.30 bits per heavy atom. The lowest BCUT2D eigenvalue weighted by Crippen LogP contribution is -2.40. The Kier molecular flexibility index (Phi) is 5.96. The second-order valence-electron chi connectivity index (χ2n) is 6.49. The molecule has 1 saturated heterocycles. The number of amides is 1. The third-order valence-corrected chi connectivity index (χ3v) is 4.84. The van der Waals surface area contributed by atoms with Crippen LogP contribution in [0.1, 0.15) is 23.2 Å². The Morgan fingerprint density at radius 2 is 1.67 bits per heavy atom. The van der Waals surface area contributed by atoms with Gasteiger partial charge in [0.2, 0.25) is 0 Å². The summed E-state index contributed by atoms with van der Waals surface area (Å²) >= 11 is 0. The van der Waals surface area contributed by atoms with Gasteiger partial charge in [0, 0.05) is 18.8 Å². The molecule has 0 saturated carbocycles. The molecule has 1 aliphatic heterocycles. The topological polar surface area (TPSA) is 67.9 Å². The number of nitrogens with zero attached hydrogens (tertiary/aromatic N) is 1. The number of nitrogens with one attached hydrogen (secondary N) is 1. The van der Waals surface area contributed by atoms with Crippen molar-refractivity contribution < 1.29 is 19.1 Å². The summed E-state index contributed by atoms with van der Waals surface area (Å²) in [5.41, 5.74) is 2.24. The Morgan fingerprint density at radius 1 is 1.00 bits per heavy atom. The molecular weight excluding hydrogens is 344 g/mol. The molecule has 1 fully saturated rings. The molecule has 0 bridgehead atoms. The van der Waals surface area contributed by atoms with Gasteiger partial charge in [0.05, 0.1) is 31.4 Å². The lowest BCUT2D eigenvalue weighted by molar-refractivity contribution is -0.146. The zero-order valence-corrected chi connectivity index (χ0v) is 15.6. The van der Waals surface area contributed by atoms with Gasteiger partial charge in [0.1, 0.15) is 5.75 Å². The summed E-state index contributed by atoms with van der Waals surface area (Å²) < 4.78 is 9.98. The van der Waals surface area contributed by atoms with E-state index in [0.29, 0.717) is 31.5 Å². The summed E-state index contributed by atoms with van der Waals surface area (Å²) in [6, 6.07) is 15.0. The summed E-state index contributed by atoms with van der Waals surface area (Å²) in [6.45, 7) is 1.10. The van der Waals surface area contributed by atoms with Gasteiger partial charge < -0.3 is 19.7 Å². The van der Waals surface area contributed by atoms with Crippen LogP contribution in [-0.2, 0) is 9.53 Å². The number of carbonyl (C=O) groups excluding carboxylic acids is 2. The largest absolute Gasteiger partial charge is 0.497 e. The van der Waals surface area contributed by atoms with E-state index in [1.165, 1.54) is 7.11 Å². The number of para-hydroxylation sites is 1. The number of benzene rings is 2. The van der Waals surface area contributed by atoms with Crippen LogP contribution in [0.25, 0.3) is 0 Å². The molecule has 27 heavy (non-hydrogen) atoms. The molecule has 0 aliphatic carbocycles. The zero-order chi connectivity index (χ0) is 19.2. The number of likely N-dealkylation sites (tertiary alicyclic amines) is 1. The van der Waals surface area contributed by atoms with E-state index in [0.717, 1.165) is 17.1 Å². The third kappa shape index (κ3) is 4.39. The molecule has 1 amide bonds. The molecule has 0 radical (unpaired) electrons. The van der Waals surface area contributed by atoms with Crippen molar-refractivity contribution in [1.29, 1.82) is 0 Å². The molecule has 0 atom stereocenters. The molecule has 6 nitrogen and oxygen atoms in total. The van der Waals surface area contributed by atoms with Crippen molar-refractivity contribution in [1.82, 2.24) is 4.90 Å². The molecule has 1 heterocycles. The van der Waals surface area contributed by atoms with E-state index in [2.05, 4.69) is 5.32 Å². The minimum atomic E-state index is -0.191. The summed E-state index contributed by atoms with van der Waals surface area (Å²) in [4.78, 5) is 26.5. The van der Waals surface area contributed by atoms with Crippen LogP contribution in [0, 0.1) is 5.92 Å². The number of ether oxygens (including phenoxy) is 2. The quantitative estimate of drug-likeness (QED) is 0.819. The number of piperidine rings is 1. The highest BCUT2D eigenvalue weighted by atomic mass is 16.5. The molecule has 142 valence electrons. The number of anilines is 2. The fraction of sp³-hybridized carbons (Fsp3) is 0.333. The molecule has 3 rings (SSSR count). The van der Waals surface area contributed by atoms with Crippen LogP contribution >= 0.6 is 0 Å². The first-order chi connectivity index (χ1) is 13.1. The first kappa shape index (κ1) is 18.8. The van der Waals surface area contributed by atoms with Crippen LogP contribution < -0.4 is 10.1 Å². The molecule has 1 aliphatic rings. The Labute approximate surface area is 159 Å². The van der Waals surface area contributed by atoms with Gasteiger partial charge in [0.25, 0.3) is 5.91 Å². The van der Waals surface area contributed by atoms with Gasteiger partial charge in [-0.2, -0.15) is 0 Å². The van der Waals surface area contributed by atoms with Crippen molar-refractivity contribution >= 4 is 23.3 Å². The van der Waals surface area contributed by atoms with Crippen molar-refractivity contribution in [3.05, 3.63) is 54.1 Å². The maximum Gasteiger partial charge on any atom is 0.308 e. The van der Waals surface area contributed by atoms with Crippen molar-refractivity contribution in [2.24, 2.45) is 5.92 Å². The Hall–Kier alpha value is -3.02. The number of methoxy groups -OCH3 is 2. The maximum absolute atomic E-state index is 13.0. The second-order valence-corrected chi connectivity index (χ2v) is 6.49. The molecule has 6 heteroatoms. The Bertz CT molecular complexity index is 796. The SMILES string of the molecule is COC(=O)C1CCN(C(=O)c2ccccc2Nc2ccc(OC)cc2)CC1. The van der Waals surface area contributed by atoms with Crippen molar-refractivity contribution in [3.8, 4) is 5.75 Å². The van der Waals surface area contributed by atoms with E-state index < -0.39 is 0 Å². The standard InChI is InChI=1S/C21H24N2O4/c1-26-17-9-7-16(8-10-17)22-19-6-4-3-5-18(19)20(24)23-13-11-15(12-14-23)21(25)27-2/h3-10,15,22H,11-14H2,1-2H3. The highest BCUT2D eigenvalue weighted by molar-refractivity contribution is 6.00. The predicted molar refractivity (Wildman–Crippen MR) is 103 cm³/mol. The molecular formula is C21H24N2O4. The van der Waals surface area contributed by atoms with Crippen LogP contribution in [0.2, 0.25) is 0 Å². The normalized spacial score (nSPS) is 14.5. The molecule has 1 N–H and O–H groups in total. The van der Waals surface area contributed by atoms with Crippen LogP contribution in [0.4, 0.5) is 11.4 Å². The minimum Gasteiger partial charge on any atom is -0.497 e. The van der Waals surface area contributed by atoms with Crippen molar-refractivity contribution in [2.45, 2.75) is 12.8 Å². The predicted octanol–water partition coefficient (Wildman–Crippen LogP) is 3.46. The van der Waals surface area contributed by atoms with Crippen molar-refractivity contribution in [2.75, 3.05) is 32.6 Å². The van der Waals surface area contributed by atoms with Crippen LogP contribution in [0.5, 0.6) is 5.75 Å². The summed E-state index contributed by atoms with van der Waals surface area (Å²) in [6.07, 6.45) is 1.26. The Balaban J connectivity index is 1.71. The van der Waals surface area contributed by atoms with Gasteiger partial charge in [-0.25, -0.2) is 0 Å². The average molecular weight is 368 g/mol. The van der Waals surface area contributed by atoms with E-state index in [4.69, 9.17) is 9.47 Å². The maximum atomic E-state index is 13.0. The first-order valence-electron chi connectivity index (χ1n) is 8.99. The molecule has 2 aromatic rings. The number of carbonyl (C=O) groups is 2. The zero-order valence-electron chi connectivity index (χ0n) is 15.6. The molecule has 2 aromatic carbocycles. The number of rotatable bonds is 5. The van der Waals surface area contributed by atoms with Gasteiger partial charge in [-0.05, 0) is 49.2 Å². The van der Waals surface area contributed by atoms with E-state index in [-0.39, 0.29) is 17.8 Å². The van der Waals surface area contributed by atoms with E-state index >= 15 is 0 Å². The number of hydrogen-bond acceptors (Lipinski definition) is 5. The highest BCUT2D eigenvalue weighted by Crippen LogP contribution is 2.26. The van der Waals surface area contributed by atoms with Gasteiger partial charge in [-0.3, -0.25) is 9.59 Å². The van der Waals surface area contributed by atoms with Gasteiger partial charge in [0.15, 0.2) is 0 Å². The van der Waals surface area contributed by atoms with Gasteiger partial charge >= 0.3 is 5.97 Å². The average Bonchev–Trinajstić information content (AvgIpc) is 2.73. The summed E-state index contributed by atoms with van der Waals surface area (Å²) in [5, 5.41) is 3.30. The lowest BCUT2D eigenvalue weighted by Gasteiger charge is -2.31. The lowest BCUT2D eigenvalue weighted by atomic mass is 9.96. The van der Waals surface area contributed by atoms with Crippen LogP contribution in [-0.4, -0.2) is 44.1 Å². The van der Waals surface area contributed by atoms with E-state index in [1.807, 2.05) is 48.5 Å². The van der Waals surface area contributed by atoms with Crippen molar-refractivity contribution in [3.63, 3.8) is 0 Å². The van der Waals surface area contributed by atoms with Gasteiger partial charge in [-0.1, -0.05) is 12.1 Å². The summed E-state index contributed by atoms with van der Waals surface area (Å²) in [5.74, 6) is 0.434. The second kappa shape index (κ2) is 8.58. The fourth-order valence-corrected chi connectivity index (χ4v) is 3.26. The summed E-state index contributed by atoms with van der Waals surface area (Å²) in [7, 11) is 3.03. The van der Waals surface area contributed by atoms with E-state index in [1.54, 1.807) is 12.0 Å². The molecule has 0 unspecified atom stereocenters. The van der Waals surface area contributed by atoms with E-state index in [9.17, 15) is 9.59 Å². The first-order valence-corrected chi connectivity index (χ1v) is 8.99. The highest BCUT2D eigenvalue weighted by Gasteiger charge is 2.29. The third-order valence-electron chi connectivity index (χ3n) is 4.84. The number of esters is 1.